The molecule has 0 saturated heterocycles. The van der Waals surface area contributed by atoms with Gasteiger partial charge in [0.15, 0.2) is 5.82 Å². The summed E-state index contributed by atoms with van der Waals surface area (Å²) >= 11 is 0. The van der Waals surface area contributed by atoms with Gasteiger partial charge in [0.2, 0.25) is 0 Å². The SMILES string of the molecule is N#Cc1cnn(-c2ccccc2)c1NC(=O)OCc1ccccc1. The topological polar surface area (TPSA) is 79.9 Å². The maximum absolute atomic E-state index is 12.1. The molecule has 118 valence electrons. The Morgan fingerprint density at radius 2 is 1.79 bits per heavy atom. The average Bonchev–Trinajstić information content (AvgIpc) is 3.04. The first-order valence-corrected chi connectivity index (χ1v) is 7.29. The molecule has 0 aliphatic rings. The van der Waals surface area contributed by atoms with Crippen LogP contribution in [0.2, 0.25) is 0 Å². The molecule has 0 bridgehead atoms. The third kappa shape index (κ3) is 3.42. The van der Waals surface area contributed by atoms with E-state index < -0.39 is 6.09 Å². The third-order valence-electron chi connectivity index (χ3n) is 3.32. The van der Waals surface area contributed by atoms with Crippen LogP contribution in [0.25, 0.3) is 5.69 Å². The summed E-state index contributed by atoms with van der Waals surface area (Å²) in [6, 6.07) is 20.6. The first-order valence-electron chi connectivity index (χ1n) is 7.29. The van der Waals surface area contributed by atoms with Crippen molar-refractivity contribution >= 4 is 11.9 Å². The fourth-order valence-electron chi connectivity index (χ4n) is 2.17. The minimum absolute atomic E-state index is 0.147. The molecule has 3 aromatic rings. The van der Waals surface area contributed by atoms with Gasteiger partial charge in [0, 0.05) is 0 Å². The molecular formula is C18H14N4O2. The van der Waals surface area contributed by atoms with Crippen LogP contribution >= 0.6 is 0 Å². The van der Waals surface area contributed by atoms with Crippen LogP contribution in [0.4, 0.5) is 10.6 Å². The average molecular weight is 318 g/mol. The predicted molar refractivity (Wildman–Crippen MR) is 88.5 cm³/mol. The van der Waals surface area contributed by atoms with E-state index in [4.69, 9.17) is 4.74 Å². The Labute approximate surface area is 138 Å². The molecule has 0 aliphatic carbocycles. The van der Waals surface area contributed by atoms with Crippen LogP contribution in [0.1, 0.15) is 11.1 Å². The van der Waals surface area contributed by atoms with Gasteiger partial charge in [-0.25, -0.2) is 9.48 Å². The zero-order valence-electron chi connectivity index (χ0n) is 12.7. The van der Waals surface area contributed by atoms with E-state index in [-0.39, 0.29) is 18.0 Å². The molecular weight excluding hydrogens is 304 g/mol. The summed E-state index contributed by atoms with van der Waals surface area (Å²) in [5.41, 5.74) is 1.87. The fraction of sp³-hybridized carbons (Fsp3) is 0.0556. The van der Waals surface area contributed by atoms with E-state index >= 15 is 0 Å². The molecule has 1 amide bonds. The van der Waals surface area contributed by atoms with Gasteiger partial charge in [-0.15, -0.1) is 0 Å². The summed E-state index contributed by atoms with van der Waals surface area (Å²) in [7, 11) is 0. The molecule has 24 heavy (non-hydrogen) atoms. The Balaban J connectivity index is 1.76. The van der Waals surface area contributed by atoms with Crippen molar-refractivity contribution in [2.24, 2.45) is 0 Å². The first-order chi connectivity index (χ1) is 11.8. The van der Waals surface area contributed by atoms with E-state index in [2.05, 4.69) is 10.4 Å². The van der Waals surface area contributed by atoms with Crippen LogP contribution in [-0.4, -0.2) is 15.9 Å². The van der Waals surface area contributed by atoms with Crippen molar-refractivity contribution in [1.82, 2.24) is 9.78 Å². The minimum atomic E-state index is -0.645. The van der Waals surface area contributed by atoms with Gasteiger partial charge < -0.3 is 4.74 Å². The number of hydrogen-bond acceptors (Lipinski definition) is 4. The van der Waals surface area contributed by atoms with Gasteiger partial charge in [-0.3, -0.25) is 5.32 Å². The van der Waals surface area contributed by atoms with Crippen LogP contribution in [-0.2, 0) is 11.3 Å². The van der Waals surface area contributed by atoms with Crippen LogP contribution in [0.3, 0.4) is 0 Å². The lowest BCUT2D eigenvalue weighted by molar-refractivity contribution is 0.155. The maximum Gasteiger partial charge on any atom is 0.413 e. The van der Waals surface area contributed by atoms with Crippen LogP contribution < -0.4 is 5.32 Å². The summed E-state index contributed by atoms with van der Waals surface area (Å²) < 4.78 is 6.68. The highest BCUT2D eigenvalue weighted by Gasteiger charge is 2.15. The molecule has 2 aromatic carbocycles. The Morgan fingerprint density at radius 1 is 1.12 bits per heavy atom. The number of aromatic nitrogens is 2. The number of anilines is 1. The molecule has 0 aliphatic heterocycles. The molecule has 0 spiro atoms. The molecule has 0 unspecified atom stereocenters. The van der Waals surface area contributed by atoms with Crippen LogP contribution in [0, 0.1) is 11.3 Å². The van der Waals surface area contributed by atoms with E-state index in [1.807, 2.05) is 66.7 Å². The standard InChI is InChI=1S/C18H14N4O2/c19-11-15-12-20-22(16-9-5-2-6-10-16)17(15)21-18(23)24-13-14-7-3-1-4-8-14/h1-10,12H,13H2,(H,21,23). The van der Waals surface area contributed by atoms with Crippen molar-refractivity contribution in [2.45, 2.75) is 6.61 Å². The van der Waals surface area contributed by atoms with E-state index in [0.29, 0.717) is 0 Å². The monoisotopic (exact) mass is 318 g/mol. The third-order valence-corrected chi connectivity index (χ3v) is 3.32. The Hall–Kier alpha value is -3.59. The molecule has 1 heterocycles. The number of nitrogens with one attached hydrogen (secondary N) is 1. The van der Waals surface area contributed by atoms with Gasteiger partial charge in [-0.2, -0.15) is 10.4 Å². The highest BCUT2D eigenvalue weighted by atomic mass is 16.5. The molecule has 1 N–H and O–H groups in total. The van der Waals surface area contributed by atoms with Gasteiger partial charge in [0.25, 0.3) is 0 Å². The van der Waals surface area contributed by atoms with Crippen molar-refractivity contribution in [2.75, 3.05) is 5.32 Å². The molecule has 6 nitrogen and oxygen atoms in total. The van der Waals surface area contributed by atoms with E-state index in [9.17, 15) is 10.1 Å². The van der Waals surface area contributed by atoms with Gasteiger partial charge in [0.05, 0.1) is 11.9 Å². The van der Waals surface area contributed by atoms with E-state index in [1.165, 1.54) is 10.9 Å². The second-order valence-corrected chi connectivity index (χ2v) is 4.95. The number of carbonyl (C=O) groups is 1. The quantitative estimate of drug-likeness (QED) is 0.798. The van der Waals surface area contributed by atoms with Crippen molar-refractivity contribution in [3.8, 4) is 11.8 Å². The summed E-state index contributed by atoms with van der Waals surface area (Å²) in [5, 5.41) is 16.0. The number of ether oxygens (including phenoxy) is 1. The molecule has 0 saturated carbocycles. The largest absolute Gasteiger partial charge is 0.444 e. The highest BCUT2D eigenvalue weighted by molar-refractivity contribution is 5.85. The smallest absolute Gasteiger partial charge is 0.413 e. The normalized spacial score (nSPS) is 9.96. The number of benzene rings is 2. The van der Waals surface area contributed by atoms with Crippen molar-refractivity contribution in [3.63, 3.8) is 0 Å². The van der Waals surface area contributed by atoms with E-state index in [1.54, 1.807) is 0 Å². The predicted octanol–water partition coefficient (Wildman–Crippen LogP) is 3.49. The number of para-hydroxylation sites is 1. The van der Waals surface area contributed by atoms with E-state index in [0.717, 1.165) is 11.3 Å². The van der Waals surface area contributed by atoms with Gasteiger partial charge in [-0.1, -0.05) is 48.5 Å². The molecule has 0 radical (unpaired) electrons. The minimum Gasteiger partial charge on any atom is -0.444 e. The zero-order chi connectivity index (χ0) is 16.8. The Morgan fingerprint density at radius 3 is 2.46 bits per heavy atom. The van der Waals surface area contributed by atoms with Crippen molar-refractivity contribution in [3.05, 3.63) is 78.0 Å². The second-order valence-electron chi connectivity index (χ2n) is 4.95. The Bertz CT molecular complexity index is 867. The molecule has 0 atom stereocenters. The number of hydrogen-bond donors (Lipinski definition) is 1. The second kappa shape index (κ2) is 7.11. The highest BCUT2D eigenvalue weighted by Crippen LogP contribution is 2.19. The van der Waals surface area contributed by atoms with Crippen molar-refractivity contribution in [1.29, 1.82) is 5.26 Å². The zero-order valence-corrected chi connectivity index (χ0v) is 12.7. The van der Waals surface area contributed by atoms with Crippen molar-refractivity contribution < 1.29 is 9.53 Å². The molecule has 3 rings (SSSR count). The van der Waals surface area contributed by atoms with Crippen LogP contribution in [0.15, 0.2) is 66.9 Å². The Kier molecular flexibility index (Phi) is 4.54. The summed E-state index contributed by atoms with van der Waals surface area (Å²) in [6.07, 6.45) is 0.757. The van der Waals surface area contributed by atoms with Gasteiger partial charge in [0.1, 0.15) is 18.2 Å². The lowest BCUT2D eigenvalue weighted by Crippen LogP contribution is -2.17. The molecule has 1 aromatic heterocycles. The number of amides is 1. The number of carbonyl (C=O) groups excluding carboxylic acids is 1. The lowest BCUT2D eigenvalue weighted by atomic mass is 10.2. The maximum atomic E-state index is 12.1. The number of nitrogens with zero attached hydrogens (tertiary/aromatic N) is 3. The number of rotatable bonds is 4. The summed E-state index contributed by atoms with van der Waals surface area (Å²) in [4.78, 5) is 12.1. The lowest BCUT2D eigenvalue weighted by Gasteiger charge is -2.10. The summed E-state index contributed by atoms with van der Waals surface area (Å²) in [6.45, 7) is 0.147. The summed E-state index contributed by atoms with van der Waals surface area (Å²) in [5.74, 6) is 0.279. The first kappa shape index (κ1) is 15.3. The van der Waals surface area contributed by atoms with Gasteiger partial charge in [-0.05, 0) is 17.7 Å². The fourth-order valence-corrected chi connectivity index (χ4v) is 2.17. The van der Waals surface area contributed by atoms with Crippen LogP contribution in [0.5, 0.6) is 0 Å². The van der Waals surface area contributed by atoms with Gasteiger partial charge >= 0.3 is 6.09 Å². The number of nitriles is 1. The molecule has 6 heteroatoms. The molecule has 0 fully saturated rings.